The summed E-state index contributed by atoms with van der Waals surface area (Å²) in [7, 11) is 1.38. The molecule has 0 saturated carbocycles. The number of carbonyl (C=O) groups is 2. The molecule has 0 fully saturated rings. The second-order valence-electron chi connectivity index (χ2n) is 6.64. The van der Waals surface area contributed by atoms with E-state index < -0.39 is 17.8 Å². The lowest BCUT2D eigenvalue weighted by molar-refractivity contribution is -0.148. The van der Waals surface area contributed by atoms with Crippen molar-refractivity contribution in [3.8, 4) is 5.75 Å². The van der Waals surface area contributed by atoms with Gasteiger partial charge in [0, 0.05) is 5.56 Å². The molecule has 0 aliphatic rings. The van der Waals surface area contributed by atoms with Gasteiger partial charge in [-0.2, -0.15) is 0 Å². The zero-order valence-electron chi connectivity index (χ0n) is 15.9. The van der Waals surface area contributed by atoms with Crippen LogP contribution in [0.4, 0.5) is 4.39 Å². The average Bonchev–Trinajstić information content (AvgIpc) is 2.64. The molecule has 0 spiro atoms. The van der Waals surface area contributed by atoms with Crippen LogP contribution in [0.2, 0.25) is 0 Å². The topological polar surface area (TPSA) is 64.6 Å². The van der Waals surface area contributed by atoms with Crippen LogP contribution in [0.5, 0.6) is 5.75 Å². The largest absolute Gasteiger partial charge is 0.494 e. The highest BCUT2D eigenvalue weighted by Crippen LogP contribution is 2.18. The van der Waals surface area contributed by atoms with E-state index in [0.717, 1.165) is 5.56 Å². The van der Waals surface area contributed by atoms with Gasteiger partial charge < -0.3 is 14.8 Å². The lowest BCUT2D eigenvalue weighted by atomic mass is 10.0. The van der Waals surface area contributed by atoms with Crippen LogP contribution < -0.4 is 10.1 Å². The van der Waals surface area contributed by atoms with Gasteiger partial charge in [-0.15, -0.1) is 0 Å². The van der Waals surface area contributed by atoms with E-state index in [4.69, 9.17) is 9.47 Å². The molecule has 144 valence electrons. The summed E-state index contributed by atoms with van der Waals surface area (Å²) >= 11 is 0. The molecule has 2 rings (SSSR count). The van der Waals surface area contributed by atoms with Crippen LogP contribution >= 0.6 is 0 Å². The van der Waals surface area contributed by atoms with Gasteiger partial charge in [0.05, 0.1) is 7.11 Å². The van der Waals surface area contributed by atoms with Crippen molar-refractivity contribution in [3.63, 3.8) is 0 Å². The van der Waals surface area contributed by atoms with Gasteiger partial charge in [-0.25, -0.2) is 9.18 Å². The molecule has 1 atom stereocenters. The summed E-state index contributed by atoms with van der Waals surface area (Å²) in [6, 6.07) is 10.6. The SMILES string of the molecule is COc1ccc(COC(=O)C(NC(=O)c2ccc(C)cc2)C(C)C)cc1F. The molecule has 0 heterocycles. The third-order valence-electron chi connectivity index (χ3n) is 4.12. The van der Waals surface area contributed by atoms with Crippen molar-refractivity contribution in [3.05, 3.63) is 65.0 Å². The lowest BCUT2D eigenvalue weighted by Crippen LogP contribution is -2.45. The number of esters is 1. The highest BCUT2D eigenvalue weighted by Gasteiger charge is 2.26. The molecule has 0 aliphatic heterocycles. The van der Waals surface area contributed by atoms with Crippen LogP contribution in [-0.2, 0) is 16.1 Å². The maximum atomic E-state index is 13.7. The quantitative estimate of drug-likeness (QED) is 0.753. The molecular formula is C21H24FNO4. The Balaban J connectivity index is 2.01. The van der Waals surface area contributed by atoms with E-state index in [2.05, 4.69) is 5.32 Å². The summed E-state index contributed by atoms with van der Waals surface area (Å²) in [4.78, 5) is 24.8. The number of hydrogen-bond donors (Lipinski definition) is 1. The third-order valence-corrected chi connectivity index (χ3v) is 4.12. The average molecular weight is 373 g/mol. The Morgan fingerprint density at radius 3 is 2.33 bits per heavy atom. The number of halogens is 1. The third kappa shape index (κ3) is 5.54. The summed E-state index contributed by atoms with van der Waals surface area (Å²) in [6.07, 6.45) is 0. The summed E-state index contributed by atoms with van der Waals surface area (Å²) in [6.45, 7) is 5.46. The Morgan fingerprint density at radius 1 is 1.11 bits per heavy atom. The molecule has 1 amide bonds. The maximum absolute atomic E-state index is 13.7. The van der Waals surface area contributed by atoms with Gasteiger partial charge in [0.1, 0.15) is 12.6 Å². The van der Waals surface area contributed by atoms with Crippen LogP contribution in [0.15, 0.2) is 42.5 Å². The van der Waals surface area contributed by atoms with E-state index >= 15 is 0 Å². The monoisotopic (exact) mass is 373 g/mol. The van der Waals surface area contributed by atoms with Crippen molar-refractivity contribution in [2.45, 2.75) is 33.4 Å². The second-order valence-corrected chi connectivity index (χ2v) is 6.64. The summed E-state index contributed by atoms with van der Waals surface area (Å²) in [5, 5.41) is 2.71. The maximum Gasteiger partial charge on any atom is 0.329 e. The zero-order chi connectivity index (χ0) is 20.0. The normalized spacial score (nSPS) is 11.8. The number of aryl methyl sites for hydroxylation is 1. The number of ether oxygens (including phenoxy) is 2. The van der Waals surface area contributed by atoms with Crippen molar-refractivity contribution in [2.24, 2.45) is 5.92 Å². The van der Waals surface area contributed by atoms with E-state index in [9.17, 15) is 14.0 Å². The molecule has 1 N–H and O–H groups in total. The smallest absolute Gasteiger partial charge is 0.329 e. The summed E-state index contributed by atoms with van der Waals surface area (Å²) in [5.74, 6) is -1.49. The molecule has 0 radical (unpaired) electrons. The number of amides is 1. The van der Waals surface area contributed by atoms with E-state index in [0.29, 0.717) is 11.1 Å². The predicted octanol–water partition coefficient (Wildman–Crippen LogP) is 3.64. The first-order chi connectivity index (χ1) is 12.8. The standard InChI is InChI=1S/C21H24FNO4/c1-13(2)19(23-20(24)16-8-5-14(3)6-9-16)21(25)27-12-15-7-10-18(26-4)17(22)11-15/h5-11,13,19H,12H2,1-4H3,(H,23,24). The van der Waals surface area contributed by atoms with E-state index in [1.807, 2.05) is 32.9 Å². The van der Waals surface area contributed by atoms with E-state index in [-0.39, 0.29) is 24.2 Å². The number of nitrogens with one attached hydrogen (secondary N) is 1. The first kappa shape index (κ1) is 20.4. The van der Waals surface area contributed by atoms with Crippen molar-refractivity contribution < 1.29 is 23.5 Å². The van der Waals surface area contributed by atoms with E-state index in [1.54, 1.807) is 18.2 Å². The molecule has 2 aromatic carbocycles. The minimum Gasteiger partial charge on any atom is -0.494 e. The van der Waals surface area contributed by atoms with Gasteiger partial charge in [-0.3, -0.25) is 4.79 Å². The minimum atomic E-state index is -0.804. The van der Waals surface area contributed by atoms with Crippen molar-refractivity contribution in [1.82, 2.24) is 5.32 Å². The molecule has 0 bridgehead atoms. The van der Waals surface area contributed by atoms with Gasteiger partial charge in [-0.1, -0.05) is 37.6 Å². The van der Waals surface area contributed by atoms with Gasteiger partial charge in [0.25, 0.3) is 5.91 Å². The molecule has 6 heteroatoms. The number of carbonyl (C=O) groups excluding carboxylic acids is 2. The van der Waals surface area contributed by atoms with Crippen LogP contribution in [0.1, 0.15) is 35.3 Å². The Hall–Kier alpha value is -2.89. The fraction of sp³-hybridized carbons (Fsp3) is 0.333. The van der Waals surface area contributed by atoms with Gasteiger partial charge in [0.2, 0.25) is 0 Å². The molecular weight excluding hydrogens is 349 g/mol. The Morgan fingerprint density at radius 2 is 1.78 bits per heavy atom. The molecule has 27 heavy (non-hydrogen) atoms. The first-order valence-electron chi connectivity index (χ1n) is 8.68. The molecule has 0 aliphatic carbocycles. The fourth-order valence-electron chi connectivity index (χ4n) is 2.47. The molecule has 0 aromatic heterocycles. The Labute approximate surface area is 158 Å². The summed E-state index contributed by atoms with van der Waals surface area (Å²) in [5.41, 5.74) is 2.00. The zero-order valence-corrected chi connectivity index (χ0v) is 15.9. The summed E-state index contributed by atoms with van der Waals surface area (Å²) < 4.78 is 23.9. The van der Waals surface area contributed by atoms with Crippen LogP contribution in [0.3, 0.4) is 0 Å². The van der Waals surface area contributed by atoms with Gasteiger partial charge in [-0.05, 0) is 42.7 Å². The fourth-order valence-corrected chi connectivity index (χ4v) is 2.47. The molecule has 5 nitrogen and oxygen atoms in total. The van der Waals surface area contributed by atoms with Crippen molar-refractivity contribution >= 4 is 11.9 Å². The number of methoxy groups -OCH3 is 1. The predicted molar refractivity (Wildman–Crippen MR) is 100 cm³/mol. The van der Waals surface area contributed by atoms with Gasteiger partial charge in [0.15, 0.2) is 11.6 Å². The van der Waals surface area contributed by atoms with Gasteiger partial charge >= 0.3 is 5.97 Å². The second kappa shape index (κ2) is 9.16. The van der Waals surface area contributed by atoms with Crippen LogP contribution in [-0.4, -0.2) is 25.0 Å². The van der Waals surface area contributed by atoms with Crippen molar-refractivity contribution in [1.29, 1.82) is 0 Å². The van der Waals surface area contributed by atoms with Crippen molar-refractivity contribution in [2.75, 3.05) is 7.11 Å². The highest BCUT2D eigenvalue weighted by atomic mass is 19.1. The molecule has 1 unspecified atom stereocenters. The lowest BCUT2D eigenvalue weighted by Gasteiger charge is -2.21. The number of benzene rings is 2. The molecule has 0 saturated heterocycles. The highest BCUT2D eigenvalue weighted by molar-refractivity contribution is 5.96. The Bertz CT molecular complexity index is 802. The molecule has 2 aromatic rings. The first-order valence-corrected chi connectivity index (χ1v) is 8.68. The number of hydrogen-bond acceptors (Lipinski definition) is 4. The number of rotatable bonds is 7. The van der Waals surface area contributed by atoms with Crippen LogP contribution in [0.25, 0.3) is 0 Å². The minimum absolute atomic E-state index is 0.0939. The van der Waals surface area contributed by atoms with E-state index in [1.165, 1.54) is 19.2 Å². The van der Waals surface area contributed by atoms with Crippen LogP contribution in [0, 0.1) is 18.7 Å². The Kier molecular flexibility index (Phi) is 6.93.